The highest BCUT2D eigenvalue weighted by Crippen LogP contribution is 2.21. The van der Waals surface area contributed by atoms with Crippen molar-refractivity contribution in [1.82, 2.24) is 10.2 Å². The number of hydrogen-bond acceptors (Lipinski definition) is 3. The molecule has 2 saturated heterocycles. The van der Waals surface area contributed by atoms with Gasteiger partial charge in [-0.2, -0.15) is 0 Å². The van der Waals surface area contributed by atoms with E-state index in [-0.39, 0.29) is 6.04 Å². The van der Waals surface area contributed by atoms with Crippen molar-refractivity contribution in [2.45, 2.75) is 51.4 Å². The summed E-state index contributed by atoms with van der Waals surface area (Å²) in [4.78, 5) is 2.31. The zero-order valence-corrected chi connectivity index (χ0v) is 11.4. The molecule has 2 fully saturated rings. The number of nitrogens with one attached hydrogen (secondary N) is 1. The van der Waals surface area contributed by atoms with Crippen molar-refractivity contribution in [2.24, 2.45) is 0 Å². The quantitative estimate of drug-likeness (QED) is 0.804. The Morgan fingerprint density at radius 1 is 1.18 bits per heavy atom. The third-order valence-corrected chi connectivity index (χ3v) is 3.65. The zero-order chi connectivity index (χ0) is 12.7. The normalized spacial score (nSPS) is 31.8. The molecule has 2 heterocycles. The molecule has 2 aliphatic heterocycles. The highest BCUT2D eigenvalue weighted by molar-refractivity contribution is 4.88. The average Bonchev–Trinajstić information content (AvgIpc) is 2.42. The van der Waals surface area contributed by atoms with Crippen LogP contribution in [0.5, 0.6) is 0 Å². The van der Waals surface area contributed by atoms with E-state index in [1.165, 1.54) is 0 Å². The van der Waals surface area contributed by atoms with Gasteiger partial charge in [-0.05, 0) is 26.3 Å². The molecule has 0 spiro atoms. The van der Waals surface area contributed by atoms with Crippen LogP contribution in [-0.4, -0.2) is 56.5 Å². The number of hydrogen-bond donors (Lipinski definition) is 1. The van der Waals surface area contributed by atoms with E-state index in [1.807, 2.05) is 20.9 Å². The topological polar surface area (TPSA) is 24.5 Å². The van der Waals surface area contributed by atoms with E-state index in [2.05, 4.69) is 10.2 Å². The van der Waals surface area contributed by atoms with E-state index >= 15 is 0 Å². The Balaban J connectivity index is 0.000000686. The van der Waals surface area contributed by atoms with Gasteiger partial charge in [0.15, 0.2) is 0 Å². The predicted octanol–water partition coefficient (Wildman–Crippen LogP) is 1.82. The first kappa shape index (κ1) is 14.9. The van der Waals surface area contributed by atoms with Crippen LogP contribution in [0, 0.1) is 0 Å². The molecule has 0 aliphatic carbocycles. The van der Waals surface area contributed by atoms with Crippen LogP contribution < -0.4 is 5.32 Å². The third kappa shape index (κ3) is 4.19. The maximum absolute atomic E-state index is 13.7. The van der Waals surface area contributed by atoms with E-state index in [1.54, 1.807) is 0 Å². The number of halogens is 1. The highest BCUT2D eigenvalue weighted by atomic mass is 19.1. The average molecular weight is 246 g/mol. The lowest BCUT2D eigenvalue weighted by atomic mass is 9.98. The highest BCUT2D eigenvalue weighted by Gasteiger charge is 2.32. The number of ether oxygens (including phenoxy) is 1. The van der Waals surface area contributed by atoms with Crippen LogP contribution in [-0.2, 0) is 4.74 Å². The second-order valence-electron chi connectivity index (χ2n) is 4.54. The van der Waals surface area contributed by atoms with E-state index in [0.717, 1.165) is 39.0 Å². The predicted molar refractivity (Wildman–Crippen MR) is 69.1 cm³/mol. The maximum Gasteiger partial charge on any atom is 0.128 e. The molecule has 0 aromatic rings. The molecule has 2 unspecified atom stereocenters. The molecule has 0 saturated carbocycles. The van der Waals surface area contributed by atoms with Gasteiger partial charge in [0.05, 0.1) is 0 Å². The minimum atomic E-state index is -0.716. The molecular formula is C13H27FN2O. The number of nitrogens with zero attached hydrogens (tertiary/aromatic N) is 1. The smallest absolute Gasteiger partial charge is 0.128 e. The molecule has 102 valence electrons. The summed E-state index contributed by atoms with van der Waals surface area (Å²) >= 11 is 0. The van der Waals surface area contributed by atoms with Gasteiger partial charge < -0.3 is 10.1 Å². The fraction of sp³-hybridized carbons (Fsp3) is 1.00. The van der Waals surface area contributed by atoms with Gasteiger partial charge in [0.2, 0.25) is 0 Å². The SMILES string of the molecule is CC.CNC1CCN(C2CCOCC2)CC1F. The molecular weight excluding hydrogens is 219 g/mol. The monoisotopic (exact) mass is 246 g/mol. The van der Waals surface area contributed by atoms with Crippen molar-refractivity contribution >= 4 is 0 Å². The summed E-state index contributed by atoms with van der Waals surface area (Å²) in [5.74, 6) is 0. The number of piperidine rings is 1. The molecule has 2 atom stereocenters. The fourth-order valence-electron chi connectivity index (χ4n) is 2.64. The fourth-order valence-corrected chi connectivity index (χ4v) is 2.64. The van der Waals surface area contributed by atoms with Gasteiger partial charge in [-0.25, -0.2) is 4.39 Å². The standard InChI is InChI=1S/C11H21FN2O.C2H6/c1-13-11-2-5-14(8-10(11)12)9-3-6-15-7-4-9;1-2/h9-11,13H,2-8H2,1H3;1-2H3. The first-order valence-electron chi connectivity index (χ1n) is 6.94. The Kier molecular flexibility index (Phi) is 7.00. The molecule has 0 aromatic carbocycles. The molecule has 17 heavy (non-hydrogen) atoms. The van der Waals surface area contributed by atoms with Crippen LogP contribution in [0.3, 0.4) is 0 Å². The van der Waals surface area contributed by atoms with Gasteiger partial charge in [0.1, 0.15) is 6.17 Å². The van der Waals surface area contributed by atoms with Crippen LogP contribution in [0.25, 0.3) is 0 Å². The first-order valence-corrected chi connectivity index (χ1v) is 6.94. The van der Waals surface area contributed by atoms with Gasteiger partial charge in [0.25, 0.3) is 0 Å². The molecule has 0 aromatic heterocycles. The van der Waals surface area contributed by atoms with Gasteiger partial charge in [-0.1, -0.05) is 13.8 Å². The van der Waals surface area contributed by atoms with Crippen LogP contribution >= 0.6 is 0 Å². The molecule has 3 nitrogen and oxygen atoms in total. The summed E-state index contributed by atoms with van der Waals surface area (Å²) in [7, 11) is 1.85. The number of rotatable bonds is 2. The second-order valence-corrected chi connectivity index (χ2v) is 4.54. The van der Waals surface area contributed by atoms with Gasteiger partial charge in [-0.15, -0.1) is 0 Å². The lowest BCUT2D eigenvalue weighted by Crippen LogP contribution is -2.53. The van der Waals surface area contributed by atoms with Gasteiger partial charge in [-0.3, -0.25) is 4.90 Å². The van der Waals surface area contributed by atoms with Crippen LogP contribution in [0.15, 0.2) is 0 Å². The summed E-state index contributed by atoms with van der Waals surface area (Å²) in [6.07, 6.45) is 2.34. The minimum Gasteiger partial charge on any atom is -0.381 e. The number of likely N-dealkylation sites (tertiary alicyclic amines) is 1. The maximum atomic E-state index is 13.7. The molecule has 0 bridgehead atoms. The zero-order valence-electron chi connectivity index (χ0n) is 11.4. The molecule has 1 N–H and O–H groups in total. The number of alkyl halides is 1. The Morgan fingerprint density at radius 3 is 2.35 bits per heavy atom. The Bertz CT molecular complexity index is 198. The van der Waals surface area contributed by atoms with Crippen molar-refractivity contribution in [1.29, 1.82) is 0 Å². The van der Waals surface area contributed by atoms with Crippen LogP contribution in [0.1, 0.15) is 33.1 Å². The second kappa shape index (κ2) is 8.01. The minimum absolute atomic E-state index is 0.0566. The third-order valence-electron chi connectivity index (χ3n) is 3.65. The van der Waals surface area contributed by atoms with Gasteiger partial charge in [0, 0.05) is 38.4 Å². The largest absolute Gasteiger partial charge is 0.381 e. The van der Waals surface area contributed by atoms with Crippen molar-refractivity contribution in [3.63, 3.8) is 0 Å². The molecule has 0 amide bonds. The lowest BCUT2D eigenvalue weighted by molar-refractivity contribution is 0.00564. The van der Waals surface area contributed by atoms with E-state index in [0.29, 0.717) is 12.6 Å². The molecule has 2 rings (SSSR count). The van der Waals surface area contributed by atoms with Gasteiger partial charge >= 0.3 is 0 Å². The Morgan fingerprint density at radius 2 is 1.82 bits per heavy atom. The molecule has 2 aliphatic rings. The molecule has 4 heteroatoms. The lowest BCUT2D eigenvalue weighted by Gasteiger charge is -2.40. The van der Waals surface area contributed by atoms with Crippen LogP contribution in [0.2, 0.25) is 0 Å². The van der Waals surface area contributed by atoms with Crippen LogP contribution in [0.4, 0.5) is 4.39 Å². The summed E-state index contributed by atoms with van der Waals surface area (Å²) in [5.41, 5.74) is 0. The van der Waals surface area contributed by atoms with Crippen molar-refractivity contribution in [3.8, 4) is 0 Å². The summed E-state index contributed by atoms with van der Waals surface area (Å²) < 4.78 is 19.0. The first-order chi connectivity index (χ1) is 8.31. The Hall–Kier alpha value is -0.190. The summed E-state index contributed by atoms with van der Waals surface area (Å²) in [6, 6.07) is 0.607. The summed E-state index contributed by atoms with van der Waals surface area (Å²) in [6.45, 7) is 7.30. The van der Waals surface area contributed by atoms with Crippen molar-refractivity contribution < 1.29 is 9.13 Å². The van der Waals surface area contributed by atoms with E-state index < -0.39 is 6.17 Å². The molecule has 0 radical (unpaired) electrons. The van der Waals surface area contributed by atoms with E-state index in [4.69, 9.17) is 4.74 Å². The van der Waals surface area contributed by atoms with E-state index in [9.17, 15) is 4.39 Å². The van der Waals surface area contributed by atoms with Crippen molar-refractivity contribution in [2.75, 3.05) is 33.4 Å². The Labute approximate surface area is 105 Å². The summed E-state index contributed by atoms with van der Waals surface area (Å²) in [5, 5.41) is 3.05. The van der Waals surface area contributed by atoms with Crippen molar-refractivity contribution in [3.05, 3.63) is 0 Å².